The second-order valence-electron chi connectivity index (χ2n) is 4.00. The van der Waals surface area contributed by atoms with E-state index in [0.29, 0.717) is 6.04 Å². The molecule has 5 heteroatoms. The van der Waals surface area contributed by atoms with E-state index < -0.39 is 0 Å². The minimum Gasteiger partial charge on any atom is -0.354 e. The summed E-state index contributed by atoms with van der Waals surface area (Å²) in [6.07, 6.45) is 1.20. The van der Waals surface area contributed by atoms with Gasteiger partial charge in [-0.2, -0.15) is 0 Å². The monoisotopic (exact) mass is 232 g/mol. The first kappa shape index (κ1) is 13.1. The fraction of sp³-hybridized carbons (Fsp3) is 1.00. The molecule has 0 saturated carbocycles. The van der Waals surface area contributed by atoms with Gasteiger partial charge in [-0.1, -0.05) is 6.04 Å². The average molecular weight is 232 g/mol. The Labute approximate surface area is 95.7 Å². The van der Waals surface area contributed by atoms with E-state index in [4.69, 9.17) is 9.47 Å². The van der Waals surface area contributed by atoms with Gasteiger partial charge in [-0.3, -0.25) is 4.90 Å². The van der Waals surface area contributed by atoms with Crippen LogP contribution in [0.5, 0.6) is 0 Å². The SMILES string of the molecule is COC(OC)C1CNCCN1CCC[SiH3]. The lowest BCUT2D eigenvalue weighted by Gasteiger charge is -2.39. The molecular formula is C10H24N2O2Si. The number of methoxy groups -OCH3 is 2. The fourth-order valence-electron chi connectivity index (χ4n) is 2.09. The van der Waals surface area contributed by atoms with E-state index in [1.165, 1.54) is 29.3 Å². The maximum atomic E-state index is 5.35. The Morgan fingerprint density at radius 3 is 2.80 bits per heavy atom. The molecule has 0 aromatic heterocycles. The second kappa shape index (κ2) is 7.35. The zero-order valence-electron chi connectivity index (χ0n) is 10.2. The third kappa shape index (κ3) is 3.84. The van der Waals surface area contributed by atoms with Crippen molar-refractivity contribution in [1.29, 1.82) is 0 Å². The highest BCUT2D eigenvalue weighted by atomic mass is 28.1. The Morgan fingerprint density at radius 1 is 1.47 bits per heavy atom. The summed E-state index contributed by atoms with van der Waals surface area (Å²) >= 11 is 0. The molecule has 15 heavy (non-hydrogen) atoms. The van der Waals surface area contributed by atoms with Gasteiger partial charge >= 0.3 is 0 Å². The van der Waals surface area contributed by atoms with E-state index in [9.17, 15) is 0 Å². The van der Waals surface area contributed by atoms with Crippen LogP contribution in [-0.2, 0) is 9.47 Å². The molecule has 1 atom stereocenters. The molecule has 90 valence electrons. The third-order valence-electron chi connectivity index (χ3n) is 2.98. The molecule has 1 rings (SSSR count). The third-order valence-corrected chi connectivity index (χ3v) is 3.68. The molecule has 1 aliphatic rings. The quantitative estimate of drug-likeness (QED) is 0.473. The van der Waals surface area contributed by atoms with Crippen molar-refractivity contribution >= 4 is 10.2 Å². The van der Waals surface area contributed by atoms with Gasteiger partial charge in [0.1, 0.15) is 0 Å². The van der Waals surface area contributed by atoms with Gasteiger partial charge in [0.2, 0.25) is 0 Å². The second-order valence-corrected chi connectivity index (χ2v) is 5.00. The summed E-state index contributed by atoms with van der Waals surface area (Å²) in [6.45, 7) is 4.33. The summed E-state index contributed by atoms with van der Waals surface area (Å²) in [6, 6.07) is 1.74. The zero-order chi connectivity index (χ0) is 11.1. The Kier molecular flexibility index (Phi) is 6.43. The Hall–Kier alpha value is 0.0569. The number of nitrogens with zero attached hydrogens (tertiary/aromatic N) is 1. The molecule has 1 saturated heterocycles. The van der Waals surface area contributed by atoms with Crippen molar-refractivity contribution in [3.05, 3.63) is 0 Å². The number of rotatable bonds is 6. The minimum absolute atomic E-state index is 0.105. The first-order valence-corrected chi connectivity index (χ1v) is 7.25. The summed E-state index contributed by atoms with van der Waals surface area (Å²) in [5.74, 6) is 0. The first-order chi connectivity index (χ1) is 7.33. The average Bonchev–Trinajstić information content (AvgIpc) is 2.29. The van der Waals surface area contributed by atoms with Gasteiger partial charge in [-0.25, -0.2) is 0 Å². The van der Waals surface area contributed by atoms with Crippen LogP contribution in [0.1, 0.15) is 6.42 Å². The normalized spacial score (nSPS) is 23.8. The van der Waals surface area contributed by atoms with Crippen LogP contribution in [0.15, 0.2) is 0 Å². The number of piperazine rings is 1. The first-order valence-electron chi connectivity index (χ1n) is 5.83. The zero-order valence-corrected chi connectivity index (χ0v) is 12.2. The molecule has 1 unspecified atom stereocenters. The van der Waals surface area contributed by atoms with Crippen LogP contribution in [0.25, 0.3) is 0 Å². The molecule has 0 amide bonds. The Bertz CT molecular complexity index is 168. The molecular weight excluding hydrogens is 208 g/mol. The molecule has 1 aliphatic heterocycles. The standard InChI is InChI=1S/C10H24N2O2Si/c1-13-10(14-2)9-8-11-4-6-12(9)5-3-7-15/h9-11H,3-8H2,1-2,15H3. The van der Waals surface area contributed by atoms with E-state index in [0.717, 1.165) is 19.6 Å². The van der Waals surface area contributed by atoms with Crippen LogP contribution in [0, 0.1) is 0 Å². The van der Waals surface area contributed by atoms with Crippen molar-refractivity contribution in [2.24, 2.45) is 0 Å². The highest BCUT2D eigenvalue weighted by molar-refractivity contribution is 6.08. The molecule has 0 radical (unpaired) electrons. The van der Waals surface area contributed by atoms with Crippen LogP contribution < -0.4 is 5.32 Å². The fourth-order valence-corrected chi connectivity index (χ4v) is 2.40. The number of hydrogen-bond acceptors (Lipinski definition) is 4. The van der Waals surface area contributed by atoms with Crippen LogP contribution in [-0.4, -0.2) is 67.9 Å². The molecule has 0 spiro atoms. The topological polar surface area (TPSA) is 33.7 Å². The van der Waals surface area contributed by atoms with E-state index in [1.54, 1.807) is 14.2 Å². The molecule has 1 heterocycles. The maximum Gasteiger partial charge on any atom is 0.173 e. The van der Waals surface area contributed by atoms with Crippen molar-refractivity contribution < 1.29 is 9.47 Å². The summed E-state index contributed by atoms with van der Waals surface area (Å²) < 4.78 is 10.7. The summed E-state index contributed by atoms with van der Waals surface area (Å²) in [5.41, 5.74) is 0. The van der Waals surface area contributed by atoms with Gasteiger partial charge < -0.3 is 14.8 Å². The van der Waals surface area contributed by atoms with Gasteiger partial charge in [0, 0.05) is 44.1 Å². The summed E-state index contributed by atoms with van der Waals surface area (Å²) in [5, 5.41) is 3.40. The molecule has 0 aromatic carbocycles. The Morgan fingerprint density at radius 2 is 2.20 bits per heavy atom. The van der Waals surface area contributed by atoms with Crippen LogP contribution in [0.4, 0.5) is 0 Å². The lowest BCUT2D eigenvalue weighted by molar-refractivity contribution is -0.150. The van der Waals surface area contributed by atoms with E-state index in [2.05, 4.69) is 10.2 Å². The summed E-state index contributed by atoms with van der Waals surface area (Å²) in [4.78, 5) is 2.49. The Balaban J connectivity index is 2.48. The van der Waals surface area contributed by atoms with Crippen molar-refractivity contribution in [1.82, 2.24) is 10.2 Å². The molecule has 0 bridgehead atoms. The highest BCUT2D eigenvalue weighted by Crippen LogP contribution is 2.11. The molecule has 0 aromatic rings. The van der Waals surface area contributed by atoms with Crippen molar-refractivity contribution in [2.45, 2.75) is 24.8 Å². The molecule has 4 nitrogen and oxygen atoms in total. The van der Waals surface area contributed by atoms with Crippen LogP contribution >= 0.6 is 0 Å². The summed E-state index contributed by atoms with van der Waals surface area (Å²) in [7, 11) is 4.74. The van der Waals surface area contributed by atoms with Gasteiger partial charge in [0.15, 0.2) is 6.29 Å². The van der Waals surface area contributed by atoms with Crippen LogP contribution in [0.3, 0.4) is 0 Å². The van der Waals surface area contributed by atoms with E-state index in [-0.39, 0.29) is 6.29 Å². The highest BCUT2D eigenvalue weighted by Gasteiger charge is 2.29. The number of nitrogens with one attached hydrogen (secondary N) is 1. The maximum absolute atomic E-state index is 5.35. The number of hydrogen-bond donors (Lipinski definition) is 1. The van der Waals surface area contributed by atoms with Gasteiger partial charge in [-0.05, 0) is 13.0 Å². The molecule has 0 aliphatic carbocycles. The molecule has 1 fully saturated rings. The van der Waals surface area contributed by atoms with E-state index in [1.807, 2.05) is 0 Å². The van der Waals surface area contributed by atoms with E-state index >= 15 is 0 Å². The van der Waals surface area contributed by atoms with Crippen LogP contribution in [0.2, 0.25) is 6.04 Å². The molecule has 1 N–H and O–H groups in total. The lowest BCUT2D eigenvalue weighted by atomic mass is 10.1. The predicted molar refractivity (Wildman–Crippen MR) is 65.4 cm³/mol. The van der Waals surface area contributed by atoms with Gasteiger partial charge in [0.05, 0.1) is 6.04 Å². The van der Waals surface area contributed by atoms with Crippen molar-refractivity contribution in [3.8, 4) is 0 Å². The number of ether oxygens (including phenoxy) is 2. The van der Waals surface area contributed by atoms with Crippen molar-refractivity contribution in [3.63, 3.8) is 0 Å². The van der Waals surface area contributed by atoms with Gasteiger partial charge in [-0.15, -0.1) is 0 Å². The minimum atomic E-state index is -0.105. The lowest BCUT2D eigenvalue weighted by Crippen LogP contribution is -2.57. The predicted octanol–water partition coefficient (Wildman–Crippen LogP) is -0.947. The largest absolute Gasteiger partial charge is 0.354 e. The van der Waals surface area contributed by atoms with Gasteiger partial charge in [0.25, 0.3) is 0 Å². The van der Waals surface area contributed by atoms with Crippen molar-refractivity contribution in [2.75, 3.05) is 40.4 Å². The smallest absolute Gasteiger partial charge is 0.173 e.